The molecule has 0 aliphatic carbocycles. The van der Waals surface area contributed by atoms with E-state index in [4.69, 9.17) is 19.5 Å². The predicted molar refractivity (Wildman–Crippen MR) is 117 cm³/mol. The van der Waals surface area contributed by atoms with E-state index in [0.29, 0.717) is 17.6 Å². The lowest BCUT2D eigenvalue weighted by molar-refractivity contribution is -0.384. The highest BCUT2D eigenvalue weighted by molar-refractivity contribution is 5.92. The summed E-state index contributed by atoms with van der Waals surface area (Å²) >= 11 is 0. The molecule has 2 aromatic rings. The van der Waals surface area contributed by atoms with Gasteiger partial charge < -0.3 is 24.8 Å². The smallest absolute Gasteiger partial charge is 0.333 e. The monoisotopic (exact) mass is 452 g/mol. The molecule has 2 aromatic heterocycles. The van der Waals surface area contributed by atoms with Gasteiger partial charge in [0, 0.05) is 13.0 Å². The Morgan fingerprint density at radius 1 is 1.12 bits per heavy atom. The number of aliphatic hydroxyl groups is 2. The van der Waals surface area contributed by atoms with Crippen LogP contribution in [0.3, 0.4) is 0 Å². The van der Waals surface area contributed by atoms with Crippen LogP contribution in [0.1, 0.15) is 64.2 Å². The summed E-state index contributed by atoms with van der Waals surface area (Å²) in [5.74, 6) is 0.208. The number of nitrogens with zero attached hydrogens (tertiary/aromatic N) is 3. The Hall–Kier alpha value is -2.79. The van der Waals surface area contributed by atoms with Gasteiger partial charge in [-0.25, -0.2) is 4.98 Å². The first-order chi connectivity index (χ1) is 15.5. The Bertz CT molecular complexity index is 843. The van der Waals surface area contributed by atoms with Gasteiger partial charge >= 0.3 is 11.7 Å². The summed E-state index contributed by atoms with van der Waals surface area (Å²) in [6, 6.07) is 0. The van der Waals surface area contributed by atoms with Crippen molar-refractivity contribution in [2.75, 3.05) is 25.1 Å². The molecule has 0 fully saturated rings. The van der Waals surface area contributed by atoms with Crippen LogP contribution in [0, 0.1) is 10.1 Å². The van der Waals surface area contributed by atoms with Crippen LogP contribution in [0.2, 0.25) is 0 Å². The summed E-state index contributed by atoms with van der Waals surface area (Å²) in [5, 5.41) is 36.1. The van der Waals surface area contributed by atoms with Crippen LogP contribution in [-0.2, 0) is 9.53 Å². The zero-order valence-corrected chi connectivity index (χ0v) is 18.2. The second kappa shape index (κ2) is 14.3. The maximum absolute atomic E-state index is 11.4. The number of aromatic nitrogens is 2. The number of nitro groups is 1. The van der Waals surface area contributed by atoms with Gasteiger partial charge in [0.1, 0.15) is 24.7 Å². The van der Waals surface area contributed by atoms with Gasteiger partial charge in [0.15, 0.2) is 0 Å². The number of hydrogen-bond donors (Lipinski definition) is 3. The molecule has 178 valence electrons. The van der Waals surface area contributed by atoms with E-state index in [1.807, 2.05) is 0 Å². The molecule has 0 aliphatic rings. The van der Waals surface area contributed by atoms with E-state index in [1.54, 1.807) is 0 Å². The fourth-order valence-corrected chi connectivity index (χ4v) is 3.27. The molecule has 11 heteroatoms. The molecule has 1 atom stereocenters. The van der Waals surface area contributed by atoms with E-state index >= 15 is 0 Å². The Morgan fingerprint density at radius 3 is 2.44 bits per heavy atom. The van der Waals surface area contributed by atoms with Crippen LogP contribution in [-0.4, -0.2) is 57.1 Å². The fraction of sp³-hybridized carbons (Fsp3) is 0.667. The topological polar surface area (TPSA) is 161 Å². The quantitative estimate of drug-likeness (QED) is 0.140. The molecule has 0 saturated heterocycles. The molecule has 0 aromatic carbocycles. The van der Waals surface area contributed by atoms with Crippen molar-refractivity contribution in [3.05, 3.63) is 22.5 Å². The second-order valence-electron chi connectivity index (χ2n) is 7.70. The molecular weight excluding hydrogens is 420 g/mol. The maximum Gasteiger partial charge on any atom is 0.333 e. The molecule has 11 nitrogen and oxygen atoms in total. The lowest BCUT2D eigenvalue weighted by atomic mass is 10.1. The third-order valence-electron chi connectivity index (χ3n) is 5.07. The first-order valence-electron chi connectivity index (χ1n) is 11.1. The Morgan fingerprint density at radius 2 is 1.78 bits per heavy atom. The van der Waals surface area contributed by atoms with Gasteiger partial charge in [0.05, 0.1) is 23.1 Å². The summed E-state index contributed by atoms with van der Waals surface area (Å²) in [6.07, 6.45) is 11.4. The van der Waals surface area contributed by atoms with Gasteiger partial charge in [0.2, 0.25) is 5.58 Å². The fourth-order valence-electron chi connectivity index (χ4n) is 3.27. The number of rotatable bonds is 17. The Labute approximate surface area is 186 Å². The maximum atomic E-state index is 11.4. The second-order valence-corrected chi connectivity index (χ2v) is 7.70. The number of esters is 1. The summed E-state index contributed by atoms with van der Waals surface area (Å²) in [5.41, 5.74) is -0.0641. The van der Waals surface area contributed by atoms with E-state index in [1.165, 1.54) is 12.4 Å². The third kappa shape index (κ3) is 8.75. The van der Waals surface area contributed by atoms with Crippen LogP contribution < -0.4 is 5.32 Å². The number of pyridine rings is 1. The highest BCUT2D eigenvalue weighted by Crippen LogP contribution is 2.29. The first kappa shape index (κ1) is 25.5. The van der Waals surface area contributed by atoms with Crippen LogP contribution in [0.25, 0.3) is 11.0 Å². The van der Waals surface area contributed by atoms with Crippen LogP contribution in [0.4, 0.5) is 11.5 Å². The molecule has 0 radical (unpaired) electrons. The molecule has 3 N–H and O–H groups in total. The number of unbranched alkanes of at least 4 members (excludes halogenated alkanes) is 8. The van der Waals surface area contributed by atoms with E-state index in [9.17, 15) is 14.9 Å². The highest BCUT2D eigenvalue weighted by atomic mass is 16.6. The van der Waals surface area contributed by atoms with E-state index in [-0.39, 0.29) is 23.8 Å². The molecule has 0 spiro atoms. The normalized spacial score (nSPS) is 12.1. The lowest BCUT2D eigenvalue weighted by Gasteiger charge is -2.08. The van der Waals surface area contributed by atoms with Crippen molar-refractivity contribution >= 4 is 28.4 Å². The van der Waals surface area contributed by atoms with Gasteiger partial charge in [-0.1, -0.05) is 50.1 Å². The molecule has 0 saturated carbocycles. The zero-order valence-electron chi connectivity index (χ0n) is 18.2. The predicted octanol–water partition coefficient (Wildman–Crippen LogP) is 3.34. The minimum atomic E-state index is -1.00. The number of hydrogen-bond acceptors (Lipinski definition) is 10. The molecule has 32 heavy (non-hydrogen) atoms. The lowest BCUT2D eigenvalue weighted by Crippen LogP contribution is -2.21. The van der Waals surface area contributed by atoms with Crippen molar-refractivity contribution < 1.29 is 29.2 Å². The average molecular weight is 453 g/mol. The van der Waals surface area contributed by atoms with Crippen molar-refractivity contribution in [1.29, 1.82) is 0 Å². The Kier molecular flexibility index (Phi) is 11.4. The van der Waals surface area contributed by atoms with Gasteiger partial charge in [-0.05, 0) is 12.8 Å². The van der Waals surface area contributed by atoms with Gasteiger partial charge in [-0.15, -0.1) is 0 Å². The molecule has 0 unspecified atom stereocenters. The molecule has 0 bridgehead atoms. The summed E-state index contributed by atoms with van der Waals surface area (Å²) in [6.45, 7) is 0.157. The van der Waals surface area contributed by atoms with Gasteiger partial charge in [-0.2, -0.15) is 0 Å². The Balaban J connectivity index is 1.45. The molecule has 0 amide bonds. The van der Waals surface area contributed by atoms with Crippen molar-refractivity contribution in [2.24, 2.45) is 0 Å². The number of ether oxygens (including phenoxy) is 1. The number of carbonyl (C=O) groups is 1. The molecule has 2 rings (SSSR count). The standard InChI is InChI=1S/C21H32N4O7/c26-14-16(27)15-31-19(28)10-8-6-4-2-1-3-5-7-9-11-22-21-17-12-24-32-20(17)18(13-23-21)25(29)30/h12-13,16,26-27H,1-11,14-15H2,(H,22,23)/t16-/m1/s1. The van der Waals surface area contributed by atoms with Gasteiger partial charge in [-0.3, -0.25) is 14.9 Å². The minimum absolute atomic E-state index is 0.130. The molecule has 2 heterocycles. The highest BCUT2D eigenvalue weighted by Gasteiger charge is 2.19. The zero-order chi connectivity index (χ0) is 23.2. The SMILES string of the molecule is O=C(CCCCCCCCCCCNc1ncc([N+](=O)[O-])c2oncc12)OC[C@H](O)CO. The number of anilines is 1. The number of nitrogens with one attached hydrogen (secondary N) is 1. The number of fused-ring (bicyclic) bond motifs is 1. The first-order valence-corrected chi connectivity index (χ1v) is 11.1. The molecule has 0 aliphatic heterocycles. The average Bonchev–Trinajstić information content (AvgIpc) is 3.28. The van der Waals surface area contributed by atoms with E-state index in [0.717, 1.165) is 64.3 Å². The van der Waals surface area contributed by atoms with Crippen molar-refractivity contribution in [3.8, 4) is 0 Å². The summed E-state index contributed by atoms with van der Waals surface area (Å²) in [7, 11) is 0. The van der Waals surface area contributed by atoms with Crippen LogP contribution in [0.15, 0.2) is 16.9 Å². The van der Waals surface area contributed by atoms with Crippen molar-refractivity contribution in [3.63, 3.8) is 0 Å². The van der Waals surface area contributed by atoms with E-state index in [2.05, 4.69) is 15.5 Å². The summed E-state index contributed by atoms with van der Waals surface area (Å²) < 4.78 is 9.83. The minimum Gasteiger partial charge on any atom is -0.463 e. The van der Waals surface area contributed by atoms with E-state index < -0.39 is 17.6 Å². The van der Waals surface area contributed by atoms with Crippen LogP contribution in [0.5, 0.6) is 0 Å². The molecular formula is C21H32N4O7. The number of carbonyl (C=O) groups excluding carboxylic acids is 1. The van der Waals surface area contributed by atoms with Crippen LogP contribution >= 0.6 is 0 Å². The largest absolute Gasteiger partial charge is 0.463 e. The third-order valence-corrected chi connectivity index (χ3v) is 5.07. The van der Waals surface area contributed by atoms with Gasteiger partial charge in [0.25, 0.3) is 0 Å². The van der Waals surface area contributed by atoms with Crippen molar-refractivity contribution in [1.82, 2.24) is 10.1 Å². The number of aliphatic hydroxyl groups excluding tert-OH is 2. The van der Waals surface area contributed by atoms with Crippen molar-refractivity contribution in [2.45, 2.75) is 70.3 Å². The summed E-state index contributed by atoms with van der Waals surface area (Å²) in [4.78, 5) is 26.0.